The molecule has 1 saturated carbocycles. The maximum atomic E-state index is 6.15. The number of halogens is 2. The Morgan fingerprint density at radius 2 is 2.26 bits per heavy atom. The lowest BCUT2D eigenvalue weighted by molar-refractivity contribution is 0.581. The number of nitrogens with one attached hydrogen (secondary N) is 1. The molecule has 0 radical (unpaired) electrons. The summed E-state index contributed by atoms with van der Waals surface area (Å²) in [6.45, 7) is 0.958. The topological polar surface area (TPSA) is 37.8 Å². The van der Waals surface area contributed by atoms with Crippen LogP contribution in [0, 0.1) is 5.92 Å². The zero-order valence-corrected chi connectivity index (χ0v) is 12.8. The van der Waals surface area contributed by atoms with E-state index in [1.54, 1.807) is 6.20 Å². The summed E-state index contributed by atoms with van der Waals surface area (Å²) in [5.41, 5.74) is 2.88. The van der Waals surface area contributed by atoms with Crippen LogP contribution in [0.4, 0.5) is 5.69 Å². The highest BCUT2D eigenvalue weighted by molar-refractivity contribution is 9.10. The van der Waals surface area contributed by atoms with E-state index >= 15 is 0 Å². The van der Waals surface area contributed by atoms with Crippen LogP contribution in [0.1, 0.15) is 19.3 Å². The molecular weight excluding hydrogens is 326 g/mol. The van der Waals surface area contributed by atoms with Gasteiger partial charge in [-0.1, -0.05) is 0 Å². The molecule has 19 heavy (non-hydrogen) atoms. The first-order valence-electron chi connectivity index (χ1n) is 6.50. The fraction of sp³-hybridized carbons (Fsp3) is 0.429. The van der Waals surface area contributed by atoms with Crippen LogP contribution in [0.2, 0.25) is 0 Å². The van der Waals surface area contributed by atoms with Gasteiger partial charge < -0.3 is 5.32 Å². The van der Waals surface area contributed by atoms with Gasteiger partial charge in [0, 0.05) is 28.8 Å². The summed E-state index contributed by atoms with van der Waals surface area (Å²) in [7, 11) is 0. The third kappa shape index (κ3) is 3.00. The van der Waals surface area contributed by atoms with Gasteiger partial charge >= 0.3 is 0 Å². The molecule has 2 aromatic rings. The summed E-state index contributed by atoms with van der Waals surface area (Å²) in [5, 5.41) is 3.85. The second kappa shape index (κ2) is 5.63. The number of aromatic nitrogens is 2. The SMILES string of the molecule is ClC1CCC(CNc2ccnc3cc(Br)cnc23)C1. The van der Waals surface area contributed by atoms with E-state index < -0.39 is 0 Å². The minimum Gasteiger partial charge on any atom is -0.383 e. The number of fused-ring (bicyclic) bond motifs is 1. The zero-order chi connectivity index (χ0) is 13.2. The molecule has 1 N–H and O–H groups in total. The van der Waals surface area contributed by atoms with E-state index in [2.05, 4.69) is 31.2 Å². The quantitative estimate of drug-likeness (QED) is 0.850. The third-order valence-corrected chi connectivity index (χ3v) is 4.43. The Labute approximate surface area is 125 Å². The van der Waals surface area contributed by atoms with Crippen molar-refractivity contribution in [3.8, 4) is 0 Å². The molecule has 3 rings (SSSR count). The van der Waals surface area contributed by atoms with Crippen LogP contribution < -0.4 is 5.32 Å². The highest BCUT2D eigenvalue weighted by atomic mass is 79.9. The first kappa shape index (κ1) is 13.1. The molecule has 1 aliphatic rings. The summed E-state index contributed by atoms with van der Waals surface area (Å²) in [6, 6.07) is 3.97. The highest BCUT2D eigenvalue weighted by Gasteiger charge is 2.22. The van der Waals surface area contributed by atoms with Gasteiger partial charge in [-0.25, -0.2) is 0 Å². The maximum Gasteiger partial charge on any atom is 0.112 e. The van der Waals surface area contributed by atoms with E-state index in [1.807, 2.05) is 18.3 Å². The second-order valence-electron chi connectivity index (χ2n) is 5.04. The molecule has 0 aromatic carbocycles. The molecule has 1 aliphatic carbocycles. The molecule has 2 atom stereocenters. The van der Waals surface area contributed by atoms with Gasteiger partial charge in [0.15, 0.2) is 0 Å². The van der Waals surface area contributed by atoms with Crippen molar-refractivity contribution in [2.45, 2.75) is 24.6 Å². The van der Waals surface area contributed by atoms with Gasteiger partial charge in [-0.05, 0) is 53.2 Å². The van der Waals surface area contributed by atoms with Crippen LogP contribution in [0.3, 0.4) is 0 Å². The van der Waals surface area contributed by atoms with Crippen molar-refractivity contribution in [1.29, 1.82) is 0 Å². The monoisotopic (exact) mass is 339 g/mol. The lowest BCUT2D eigenvalue weighted by Gasteiger charge is -2.13. The van der Waals surface area contributed by atoms with Gasteiger partial charge in [-0.2, -0.15) is 0 Å². The van der Waals surface area contributed by atoms with Gasteiger partial charge in [0.25, 0.3) is 0 Å². The average molecular weight is 341 g/mol. The average Bonchev–Trinajstić information content (AvgIpc) is 2.81. The molecule has 0 amide bonds. The van der Waals surface area contributed by atoms with Crippen molar-refractivity contribution >= 4 is 44.3 Å². The fourth-order valence-electron chi connectivity index (χ4n) is 2.60. The molecule has 0 spiro atoms. The van der Waals surface area contributed by atoms with Crippen LogP contribution in [0.25, 0.3) is 11.0 Å². The largest absolute Gasteiger partial charge is 0.383 e. The Morgan fingerprint density at radius 1 is 1.37 bits per heavy atom. The van der Waals surface area contributed by atoms with Gasteiger partial charge in [0.2, 0.25) is 0 Å². The van der Waals surface area contributed by atoms with Crippen molar-refractivity contribution < 1.29 is 0 Å². The lowest BCUT2D eigenvalue weighted by Crippen LogP contribution is -2.12. The molecule has 1 fully saturated rings. The van der Waals surface area contributed by atoms with E-state index in [4.69, 9.17) is 11.6 Å². The molecule has 2 aromatic heterocycles. The number of rotatable bonds is 3. The van der Waals surface area contributed by atoms with Gasteiger partial charge in [0.1, 0.15) is 5.52 Å². The van der Waals surface area contributed by atoms with Gasteiger partial charge in [-0.3, -0.25) is 9.97 Å². The number of anilines is 1. The summed E-state index contributed by atoms with van der Waals surface area (Å²) < 4.78 is 0.949. The van der Waals surface area contributed by atoms with Crippen molar-refractivity contribution in [2.24, 2.45) is 5.92 Å². The third-order valence-electron chi connectivity index (χ3n) is 3.60. The summed E-state index contributed by atoms with van der Waals surface area (Å²) in [5.74, 6) is 0.668. The molecule has 0 saturated heterocycles. The van der Waals surface area contributed by atoms with Crippen molar-refractivity contribution in [3.63, 3.8) is 0 Å². The zero-order valence-electron chi connectivity index (χ0n) is 10.4. The lowest BCUT2D eigenvalue weighted by atomic mass is 10.1. The Balaban J connectivity index is 1.77. The molecular formula is C14H15BrClN3. The van der Waals surface area contributed by atoms with E-state index in [-0.39, 0.29) is 0 Å². The normalized spacial score (nSPS) is 22.8. The minimum atomic E-state index is 0.357. The Kier molecular flexibility index (Phi) is 3.89. The standard InChI is InChI=1S/C14H15BrClN3/c15-10-6-13-14(19-8-10)12(3-4-17-13)18-7-9-1-2-11(16)5-9/h3-4,6,8-9,11H,1-2,5,7H2,(H,17,18). The van der Waals surface area contributed by atoms with Crippen LogP contribution in [0.5, 0.6) is 0 Å². The van der Waals surface area contributed by atoms with Gasteiger partial charge in [-0.15, -0.1) is 11.6 Å². The Hall–Kier alpha value is -0.870. The van der Waals surface area contributed by atoms with Crippen molar-refractivity contribution in [2.75, 3.05) is 11.9 Å². The summed E-state index contributed by atoms with van der Waals surface area (Å²) in [4.78, 5) is 8.78. The van der Waals surface area contributed by atoms with E-state index in [9.17, 15) is 0 Å². The number of hydrogen-bond acceptors (Lipinski definition) is 3. The summed E-state index contributed by atoms with van der Waals surface area (Å²) in [6.07, 6.45) is 7.08. The van der Waals surface area contributed by atoms with Crippen molar-refractivity contribution in [3.05, 3.63) is 29.0 Å². The molecule has 2 heterocycles. The first-order chi connectivity index (χ1) is 9.22. The van der Waals surface area contributed by atoms with E-state index in [0.29, 0.717) is 11.3 Å². The van der Waals surface area contributed by atoms with Crippen LogP contribution in [-0.2, 0) is 0 Å². The molecule has 0 aliphatic heterocycles. The second-order valence-corrected chi connectivity index (χ2v) is 6.57. The van der Waals surface area contributed by atoms with E-state index in [0.717, 1.165) is 40.6 Å². The predicted molar refractivity (Wildman–Crippen MR) is 82.7 cm³/mol. The maximum absolute atomic E-state index is 6.15. The highest BCUT2D eigenvalue weighted by Crippen LogP contribution is 2.30. The molecule has 3 nitrogen and oxygen atoms in total. The molecule has 0 bridgehead atoms. The number of nitrogens with zero attached hydrogens (tertiary/aromatic N) is 2. The van der Waals surface area contributed by atoms with E-state index in [1.165, 1.54) is 6.42 Å². The fourth-order valence-corrected chi connectivity index (χ4v) is 3.30. The number of pyridine rings is 2. The Bertz CT molecular complexity index is 590. The minimum absolute atomic E-state index is 0.357. The van der Waals surface area contributed by atoms with Crippen molar-refractivity contribution in [1.82, 2.24) is 9.97 Å². The predicted octanol–water partition coefficient (Wildman–Crippen LogP) is 4.21. The van der Waals surface area contributed by atoms with Crippen LogP contribution >= 0.6 is 27.5 Å². The molecule has 2 unspecified atom stereocenters. The molecule has 100 valence electrons. The Morgan fingerprint density at radius 3 is 3.05 bits per heavy atom. The first-order valence-corrected chi connectivity index (χ1v) is 7.73. The number of alkyl halides is 1. The van der Waals surface area contributed by atoms with Crippen LogP contribution in [-0.4, -0.2) is 21.9 Å². The van der Waals surface area contributed by atoms with Crippen LogP contribution in [0.15, 0.2) is 29.0 Å². The molecule has 5 heteroatoms. The smallest absolute Gasteiger partial charge is 0.112 e. The van der Waals surface area contributed by atoms with Gasteiger partial charge in [0.05, 0.1) is 11.2 Å². The number of hydrogen-bond donors (Lipinski definition) is 1. The summed E-state index contributed by atoms with van der Waals surface area (Å²) >= 11 is 9.56.